The van der Waals surface area contributed by atoms with Gasteiger partial charge in [0.1, 0.15) is 5.75 Å². The third kappa shape index (κ3) is 4.29. The minimum atomic E-state index is -0.736. The summed E-state index contributed by atoms with van der Waals surface area (Å²) >= 11 is 3.32. The average Bonchev–Trinajstić information content (AvgIpc) is 2.47. The first kappa shape index (κ1) is 16.0. The van der Waals surface area contributed by atoms with E-state index in [0.717, 1.165) is 4.47 Å². The molecular weight excluding hydrogens is 352 g/mol. The molecule has 114 valence electrons. The lowest BCUT2D eigenvalue weighted by molar-refractivity contribution is -0.384. The highest BCUT2D eigenvalue weighted by Gasteiger charge is 2.15. The van der Waals surface area contributed by atoms with Crippen LogP contribution < -0.4 is 10.1 Å². The highest BCUT2D eigenvalue weighted by atomic mass is 79.9. The number of rotatable bonds is 5. The van der Waals surface area contributed by atoms with Gasteiger partial charge in [0.2, 0.25) is 0 Å². The van der Waals surface area contributed by atoms with Gasteiger partial charge in [0.05, 0.1) is 4.92 Å². The number of nitrogens with zero attached hydrogens (tertiary/aromatic N) is 1. The Morgan fingerprint density at radius 2 is 1.95 bits per heavy atom. The Kier molecular flexibility index (Phi) is 5.11. The van der Waals surface area contributed by atoms with E-state index in [-0.39, 0.29) is 11.6 Å². The number of benzene rings is 2. The molecule has 0 aromatic heterocycles. The summed E-state index contributed by atoms with van der Waals surface area (Å²) in [5.41, 5.74) is 0.622. The van der Waals surface area contributed by atoms with E-state index in [0.29, 0.717) is 11.4 Å². The Balaban J connectivity index is 1.97. The summed E-state index contributed by atoms with van der Waals surface area (Å²) in [6.07, 6.45) is -0.736. The van der Waals surface area contributed by atoms with Crippen molar-refractivity contribution >= 4 is 33.2 Å². The van der Waals surface area contributed by atoms with Crippen molar-refractivity contribution in [3.8, 4) is 5.75 Å². The van der Waals surface area contributed by atoms with Crippen LogP contribution in [-0.4, -0.2) is 16.9 Å². The first-order valence-corrected chi connectivity index (χ1v) is 7.22. The SMILES string of the molecule is CC(Oc1ccc([N+](=O)[O-])cc1)C(=O)Nc1cccc(Br)c1. The molecule has 1 unspecified atom stereocenters. The Labute approximate surface area is 135 Å². The molecule has 0 fully saturated rings. The molecule has 22 heavy (non-hydrogen) atoms. The molecule has 1 amide bonds. The smallest absolute Gasteiger partial charge is 0.269 e. The lowest BCUT2D eigenvalue weighted by Gasteiger charge is -2.14. The van der Waals surface area contributed by atoms with E-state index in [1.54, 1.807) is 19.1 Å². The van der Waals surface area contributed by atoms with Crippen LogP contribution in [0.25, 0.3) is 0 Å². The van der Waals surface area contributed by atoms with Crippen molar-refractivity contribution in [2.45, 2.75) is 13.0 Å². The van der Waals surface area contributed by atoms with Crippen molar-refractivity contribution in [3.05, 3.63) is 63.1 Å². The molecule has 6 nitrogen and oxygen atoms in total. The number of nitro benzene ring substituents is 1. The predicted molar refractivity (Wildman–Crippen MR) is 86.0 cm³/mol. The second kappa shape index (κ2) is 7.04. The van der Waals surface area contributed by atoms with Gasteiger partial charge >= 0.3 is 0 Å². The highest BCUT2D eigenvalue weighted by Crippen LogP contribution is 2.19. The Bertz CT molecular complexity index is 688. The molecule has 0 heterocycles. The maximum atomic E-state index is 12.0. The minimum Gasteiger partial charge on any atom is -0.481 e. The van der Waals surface area contributed by atoms with Crippen LogP contribution in [0, 0.1) is 10.1 Å². The van der Waals surface area contributed by atoms with Crippen molar-refractivity contribution in [3.63, 3.8) is 0 Å². The standard InChI is InChI=1S/C15H13BrN2O4/c1-10(15(19)17-12-4-2-3-11(16)9-12)22-14-7-5-13(6-8-14)18(20)21/h2-10H,1H3,(H,17,19). The van der Waals surface area contributed by atoms with E-state index in [1.807, 2.05) is 12.1 Å². The van der Waals surface area contributed by atoms with Crippen molar-refractivity contribution < 1.29 is 14.5 Å². The van der Waals surface area contributed by atoms with Crippen LogP contribution in [0.2, 0.25) is 0 Å². The van der Waals surface area contributed by atoms with E-state index >= 15 is 0 Å². The van der Waals surface area contributed by atoms with Crippen molar-refractivity contribution in [2.24, 2.45) is 0 Å². The van der Waals surface area contributed by atoms with E-state index in [9.17, 15) is 14.9 Å². The van der Waals surface area contributed by atoms with Gasteiger partial charge in [-0.15, -0.1) is 0 Å². The molecule has 0 radical (unpaired) electrons. The largest absolute Gasteiger partial charge is 0.481 e. The van der Waals surface area contributed by atoms with Gasteiger partial charge in [-0.3, -0.25) is 14.9 Å². The first-order valence-electron chi connectivity index (χ1n) is 6.43. The second-order valence-corrected chi connectivity index (χ2v) is 5.43. The van der Waals surface area contributed by atoms with Gasteiger partial charge in [0.25, 0.3) is 11.6 Å². The zero-order valence-electron chi connectivity index (χ0n) is 11.7. The zero-order chi connectivity index (χ0) is 16.1. The van der Waals surface area contributed by atoms with E-state index < -0.39 is 11.0 Å². The number of halogens is 1. The summed E-state index contributed by atoms with van der Waals surface area (Å²) in [6, 6.07) is 12.8. The Morgan fingerprint density at radius 1 is 1.27 bits per heavy atom. The monoisotopic (exact) mass is 364 g/mol. The number of ether oxygens (including phenoxy) is 1. The van der Waals surface area contributed by atoms with Gasteiger partial charge in [0, 0.05) is 22.3 Å². The maximum absolute atomic E-state index is 12.0. The molecule has 2 rings (SSSR count). The molecule has 0 spiro atoms. The number of amides is 1. The molecule has 0 bridgehead atoms. The molecule has 2 aromatic carbocycles. The Morgan fingerprint density at radius 3 is 2.55 bits per heavy atom. The minimum absolute atomic E-state index is 0.0291. The molecule has 0 saturated carbocycles. The molecule has 0 aliphatic carbocycles. The van der Waals surface area contributed by atoms with E-state index in [4.69, 9.17) is 4.74 Å². The molecular formula is C15H13BrN2O4. The topological polar surface area (TPSA) is 81.5 Å². The highest BCUT2D eigenvalue weighted by molar-refractivity contribution is 9.10. The number of carbonyl (C=O) groups is 1. The first-order chi connectivity index (χ1) is 10.5. The van der Waals surface area contributed by atoms with Gasteiger partial charge in [-0.25, -0.2) is 0 Å². The zero-order valence-corrected chi connectivity index (χ0v) is 13.2. The summed E-state index contributed by atoms with van der Waals surface area (Å²) in [5.74, 6) is 0.0824. The third-order valence-electron chi connectivity index (χ3n) is 2.82. The van der Waals surface area contributed by atoms with Crippen molar-refractivity contribution in [2.75, 3.05) is 5.32 Å². The number of nitrogens with one attached hydrogen (secondary N) is 1. The number of hydrogen-bond acceptors (Lipinski definition) is 4. The van der Waals surface area contributed by atoms with Crippen LogP contribution in [0.1, 0.15) is 6.92 Å². The fourth-order valence-electron chi connectivity index (χ4n) is 1.71. The van der Waals surface area contributed by atoms with Crippen LogP contribution in [0.3, 0.4) is 0 Å². The summed E-state index contributed by atoms with van der Waals surface area (Å²) in [6.45, 7) is 1.61. The molecule has 1 atom stereocenters. The molecule has 0 saturated heterocycles. The number of nitro groups is 1. The molecule has 0 aliphatic rings. The van der Waals surface area contributed by atoms with Gasteiger partial charge in [-0.05, 0) is 37.3 Å². The normalized spacial score (nSPS) is 11.5. The number of anilines is 1. The van der Waals surface area contributed by atoms with Crippen molar-refractivity contribution in [1.29, 1.82) is 0 Å². The average molecular weight is 365 g/mol. The number of hydrogen-bond donors (Lipinski definition) is 1. The Hall–Kier alpha value is -2.41. The summed E-state index contributed by atoms with van der Waals surface area (Å²) in [4.78, 5) is 22.1. The fourth-order valence-corrected chi connectivity index (χ4v) is 2.11. The maximum Gasteiger partial charge on any atom is 0.269 e. The van der Waals surface area contributed by atoms with Crippen LogP contribution >= 0.6 is 15.9 Å². The molecule has 0 aliphatic heterocycles. The number of carbonyl (C=O) groups excluding carboxylic acids is 1. The van der Waals surface area contributed by atoms with Crippen LogP contribution in [0.5, 0.6) is 5.75 Å². The second-order valence-electron chi connectivity index (χ2n) is 4.51. The third-order valence-corrected chi connectivity index (χ3v) is 3.32. The lowest BCUT2D eigenvalue weighted by Crippen LogP contribution is -2.30. The summed E-state index contributed by atoms with van der Waals surface area (Å²) in [5, 5.41) is 13.3. The van der Waals surface area contributed by atoms with Gasteiger partial charge < -0.3 is 10.1 Å². The van der Waals surface area contributed by atoms with Gasteiger partial charge in [0.15, 0.2) is 6.10 Å². The quantitative estimate of drug-likeness (QED) is 0.646. The summed E-state index contributed by atoms with van der Waals surface area (Å²) < 4.78 is 6.32. The van der Waals surface area contributed by atoms with Gasteiger partial charge in [-0.1, -0.05) is 22.0 Å². The molecule has 2 aromatic rings. The van der Waals surface area contributed by atoms with Gasteiger partial charge in [-0.2, -0.15) is 0 Å². The predicted octanol–water partition coefficient (Wildman–Crippen LogP) is 3.76. The number of non-ortho nitro benzene ring substituents is 1. The van der Waals surface area contributed by atoms with Crippen LogP contribution in [0.4, 0.5) is 11.4 Å². The lowest BCUT2D eigenvalue weighted by atomic mass is 10.3. The van der Waals surface area contributed by atoms with E-state index in [2.05, 4.69) is 21.2 Å². The van der Waals surface area contributed by atoms with Crippen LogP contribution in [0.15, 0.2) is 53.0 Å². The fraction of sp³-hybridized carbons (Fsp3) is 0.133. The molecule has 7 heteroatoms. The van der Waals surface area contributed by atoms with E-state index in [1.165, 1.54) is 24.3 Å². The molecule has 1 N–H and O–H groups in total. The van der Waals surface area contributed by atoms with Crippen LogP contribution in [-0.2, 0) is 4.79 Å². The summed E-state index contributed by atoms with van der Waals surface area (Å²) in [7, 11) is 0. The van der Waals surface area contributed by atoms with Crippen molar-refractivity contribution in [1.82, 2.24) is 0 Å².